The minimum Gasteiger partial charge on any atom is -0.493 e. The molecule has 0 aliphatic carbocycles. The second-order valence-electron chi connectivity index (χ2n) is 7.12. The lowest BCUT2D eigenvalue weighted by molar-refractivity contribution is -0.384. The molecule has 1 aliphatic heterocycles. The molecule has 1 N–H and O–H groups in total. The number of rotatable bonds is 7. The maximum absolute atomic E-state index is 12.1. The Bertz CT molecular complexity index is 1150. The van der Waals surface area contributed by atoms with Crippen LogP contribution in [-0.2, 0) is 16.2 Å². The zero-order valence-electron chi connectivity index (χ0n) is 17.1. The number of nitrogens with zero attached hydrogens (tertiary/aromatic N) is 5. The number of para-hydroxylation sites is 1. The van der Waals surface area contributed by atoms with E-state index in [4.69, 9.17) is 9.47 Å². The van der Waals surface area contributed by atoms with E-state index in [9.17, 15) is 20.0 Å². The third-order valence-electron chi connectivity index (χ3n) is 5.03. The van der Waals surface area contributed by atoms with Gasteiger partial charge in [0.25, 0.3) is 5.69 Å². The van der Waals surface area contributed by atoms with Crippen molar-refractivity contribution < 1.29 is 24.3 Å². The lowest BCUT2D eigenvalue weighted by atomic mass is 10.2. The van der Waals surface area contributed by atoms with E-state index >= 15 is 0 Å². The highest BCUT2D eigenvalue weighted by molar-refractivity contribution is 5.95. The number of ether oxygens (including phenoxy) is 2. The lowest BCUT2D eigenvalue weighted by Gasteiger charge is -2.27. The fraction of sp³-hybridized carbons (Fsp3) is 0.286. The van der Waals surface area contributed by atoms with Gasteiger partial charge in [-0.15, -0.1) is 10.2 Å². The van der Waals surface area contributed by atoms with Gasteiger partial charge in [-0.3, -0.25) is 24.4 Å². The number of aromatic nitrogens is 1. The summed E-state index contributed by atoms with van der Waals surface area (Å²) in [5.74, 6) is -0.442. The van der Waals surface area contributed by atoms with Crippen molar-refractivity contribution in [1.29, 1.82) is 0 Å². The van der Waals surface area contributed by atoms with E-state index in [0.29, 0.717) is 31.0 Å². The molecule has 0 spiro atoms. The number of benzene rings is 2. The molecule has 1 aromatic heterocycles. The Labute approximate surface area is 182 Å². The third-order valence-corrected chi connectivity index (χ3v) is 5.03. The molecule has 0 bridgehead atoms. The van der Waals surface area contributed by atoms with Gasteiger partial charge in [-0.1, -0.05) is 18.2 Å². The quantitative estimate of drug-likeness (QED) is 0.339. The number of hydrogen-bond donors (Lipinski definition) is 1. The molecule has 0 atom stereocenters. The molecule has 2 aromatic carbocycles. The Balaban J connectivity index is 1.47. The van der Waals surface area contributed by atoms with Crippen molar-refractivity contribution in [3.63, 3.8) is 0 Å². The fourth-order valence-electron chi connectivity index (χ4n) is 3.40. The van der Waals surface area contributed by atoms with Gasteiger partial charge in [0.1, 0.15) is 5.75 Å². The molecule has 3 aromatic rings. The van der Waals surface area contributed by atoms with Gasteiger partial charge >= 0.3 is 5.91 Å². The Morgan fingerprint density at radius 3 is 2.59 bits per heavy atom. The number of nitro benzene ring substituents is 1. The zero-order chi connectivity index (χ0) is 22.5. The molecule has 0 radical (unpaired) electrons. The summed E-state index contributed by atoms with van der Waals surface area (Å²) in [6.45, 7) is 2.84. The minimum atomic E-state index is -0.659. The van der Waals surface area contributed by atoms with E-state index in [0.717, 1.165) is 18.6 Å². The van der Waals surface area contributed by atoms with Crippen LogP contribution >= 0.6 is 0 Å². The number of carbonyl (C=O) groups excluding carboxylic acids is 1. The summed E-state index contributed by atoms with van der Waals surface area (Å²) in [4.78, 5) is 24.4. The number of nitro groups is 1. The number of aromatic hydroxyl groups is 1. The number of fused-ring (bicyclic) bond motifs is 1. The molecular formula is C21H21N5O6. The summed E-state index contributed by atoms with van der Waals surface area (Å²) in [5.41, 5.74) is 0.907. The van der Waals surface area contributed by atoms with Crippen LogP contribution in [0.3, 0.4) is 0 Å². The number of azo groups is 1. The smallest absolute Gasteiger partial charge is 0.302 e. The Kier molecular flexibility index (Phi) is 6.38. The van der Waals surface area contributed by atoms with Crippen LogP contribution in [0.2, 0.25) is 0 Å². The van der Waals surface area contributed by atoms with Crippen molar-refractivity contribution in [3.8, 4) is 11.6 Å². The van der Waals surface area contributed by atoms with E-state index in [1.165, 1.54) is 24.3 Å². The van der Waals surface area contributed by atoms with Crippen LogP contribution in [-0.4, -0.2) is 58.3 Å². The van der Waals surface area contributed by atoms with Gasteiger partial charge < -0.3 is 14.6 Å². The van der Waals surface area contributed by atoms with E-state index in [1.54, 1.807) is 10.6 Å². The van der Waals surface area contributed by atoms with Gasteiger partial charge in [-0.05, 0) is 18.2 Å². The molecule has 1 amide bonds. The minimum absolute atomic E-state index is 0.0766. The van der Waals surface area contributed by atoms with Gasteiger partial charge in [0.05, 0.1) is 30.3 Å². The zero-order valence-corrected chi connectivity index (χ0v) is 17.1. The Morgan fingerprint density at radius 2 is 1.88 bits per heavy atom. The molecule has 11 nitrogen and oxygen atoms in total. The van der Waals surface area contributed by atoms with Crippen LogP contribution in [0, 0.1) is 10.1 Å². The maximum Gasteiger partial charge on any atom is 0.302 e. The highest BCUT2D eigenvalue weighted by Crippen LogP contribution is 2.39. The molecule has 11 heteroatoms. The van der Waals surface area contributed by atoms with Crippen LogP contribution in [0.1, 0.15) is 0 Å². The predicted molar refractivity (Wildman–Crippen MR) is 114 cm³/mol. The van der Waals surface area contributed by atoms with Crippen LogP contribution in [0.25, 0.3) is 10.9 Å². The summed E-state index contributed by atoms with van der Waals surface area (Å²) in [5, 5.41) is 29.8. The van der Waals surface area contributed by atoms with E-state index in [2.05, 4.69) is 15.1 Å². The Hall–Kier alpha value is -3.83. The van der Waals surface area contributed by atoms with Crippen molar-refractivity contribution in [1.82, 2.24) is 9.47 Å². The number of hydrogen-bond acceptors (Lipinski definition) is 8. The van der Waals surface area contributed by atoms with Crippen LogP contribution in [0.4, 0.5) is 11.4 Å². The van der Waals surface area contributed by atoms with Crippen molar-refractivity contribution >= 4 is 28.2 Å². The summed E-state index contributed by atoms with van der Waals surface area (Å²) < 4.78 is 12.4. The molecular weight excluding hydrogens is 418 g/mol. The van der Waals surface area contributed by atoms with Gasteiger partial charge in [-0.2, -0.15) is 0 Å². The molecule has 0 unspecified atom stereocenters. The third kappa shape index (κ3) is 4.74. The second kappa shape index (κ2) is 9.54. The first-order valence-electron chi connectivity index (χ1n) is 9.95. The van der Waals surface area contributed by atoms with Crippen LogP contribution in [0.15, 0.2) is 58.8 Å². The van der Waals surface area contributed by atoms with Gasteiger partial charge in [0, 0.05) is 30.6 Å². The normalized spacial score (nSPS) is 14.8. The highest BCUT2D eigenvalue weighted by atomic mass is 16.6. The predicted octanol–water partition coefficient (Wildman–Crippen LogP) is 3.23. The van der Waals surface area contributed by atoms with Crippen molar-refractivity contribution in [3.05, 3.63) is 58.6 Å². The summed E-state index contributed by atoms with van der Waals surface area (Å²) in [7, 11) is 0. The lowest BCUT2D eigenvalue weighted by Crippen LogP contribution is -2.37. The standard InChI is InChI=1S/C21H21N5O6/c27-19(13-32-16-7-5-15(6-8-16)26(29)30)22-23-20-17-3-1-2-4-18(17)25(21(20)28)14-24-9-11-31-12-10-24/h1-8,28H,9-14H2. The van der Waals surface area contributed by atoms with E-state index < -0.39 is 17.4 Å². The second-order valence-corrected chi connectivity index (χ2v) is 7.12. The number of morpholine rings is 1. The SMILES string of the molecule is O=C(COc1ccc([N+](=O)[O-])cc1)N=Nc1c(O)n(CN2CCOCC2)c2ccccc12. The van der Waals surface area contributed by atoms with Crippen molar-refractivity contribution in [2.45, 2.75) is 6.67 Å². The molecule has 1 saturated heterocycles. The van der Waals surface area contributed by atoms with E-state index in [1.807, 2.05) is 18.2 Å². The number of carbonyl (C=O) groups is 1. The van der Waals surface area contributed by atoms with Gasteiger partial charge in [0.15, 0.2) is 12.3 Å². The van der Waals surface area contributed by atoms with E-state index in [-0.39, 0.29) is 17.3 Å². The molecule has 4 rings (SSSR count). The number of amides is 1. The average Bonchev–Trinajstić information content (AvgIpc) is 3.08. The fourth-order valence-corrected chi connectivity index (χ4v) is 3.40. The van der Waals surface area contributed by atoms with Crippen LogP contribution < -0.4 is 4.74 Å². The Morgan fingerprint density at radius 1 is 1.16 bits per heavy atom. The maximum atomic E-state index is 12.1. The topological polar surface area (TPSA) is 132 Å². The first-order valence-corrected chi connectivity index (χ1v) is 9.95. The highest BCUT2D eigenvalue weighted by Gasteiger charge is 2.20. The van der Waals surface area contributed by atoms with Crippen LogP contribution in [0.5, 0.6) is 11.6 Å². The number of non-ortho nitro benzene ring substituents is 1. The molecule has 1 aliphatic rings. The molecule has 166 valence electrons. The van der Waals surface area contributed by atoms with Crippen molar-refractivity contribution in [2.75, 3.05) is 32.9 Å². The summed E-state index contributed by atoms with van der Waals surface area (Å²) in [6, 6.07) is 12.7. The van der Waals surface area contributed by atoms with Crippen molar-refractivity contribution in [2.24, 2.45) is 10.2 Å². The molecule has 1 fully saturated rings. The molecule has 0 saturated carbocycles. The monoisotopic (exact) mass is 439 g/mol. The molecule has 32 heavy (non-hydrogen) atoms. The molecule has 2 heterocycles. The first kappa shape index (κ1) is 21.4. The average molecular weight is 439 g/mol. The van der Waals surface area contributed by atoms with Gasteiger partial charge in [-0.25, -0.2) is 0 Å². The largest absolute Gasteiger partial charge is 0.493 e. The summed E-state index contributed by atoms with van der Waals surface area (Å²) in [6.07, 6.45) is 0. The van der Waals surface area contributed by atoms with Gasteiger partial charge in [0.2, 0.25) is 5.88 Å². The summed E-state index contributed by atoms with van der Waals surface area (Å²) >= 11 is 0. The first-order chi connectivity index (χ1) is 15.5.